The normalized spacial score (nSPS) is 25.6. The number of carbonyl (C=O) groups is 2. The van der Waals surface area contributed by atoms with Gasteiger partial charge in [0.25, 0.3) is 0 Å². The number of hydroxylamine groups is 2. The van der Waals surface area contributed by atoms with Crippen LogP contribution < -0.4 is 29.6 Å². The Labute approximate surface area is 131 Å². The molecule has 0 aliphatic carbocycles. The number of carbonyl (C=O) groups excluding carboxylic acids is 2. The van der Waals surface area contributed by atoms with Crippen molar-refractivity contribution in [3.05, 3.63) is 5.73 Å². The first-order chi connectivity index (χ1) is 7.79. The van der Waals surface area contributed by atoms with Crippen LogP contribution in [-0.4, -0.2) is 59.0 Å². The van der Waals surface area contributed by atoms with E-state index in [2.05, 4.69) is 4.28 Å². The summed E-state index contributed by atoms with van der Waals surface area (Å²) < 4.78 is 33.8. The topological polar surface area (TPSA) is 160 Å². The van der Waals surface area contributed by atoms with Gasteiger partial charge in [-0.1, -0.05) is 0 Å². The quantitative estimate of drug-likeness (QED) is 0.410. The monoisotopic (exact) mass is 305 g/mol. The number of amides is 3. The van der Waals surface area contributed by atoms with Crippen molar-refractivity contribution in [2.24, 2.45) is 0 Å². The molecule has 3 amide bonds. The van der Waals surface area contributed by atoms with Crippen LogP contribution in [0, 0.1) is 0 Å². The van der Waals surface area contributed by atoms with Gasteiger partial charge in [0, 0.05) is 6.54 Å². The minimum absolute atomic E-state index is 0. The van der Waals surface area contributed by atoms with Crippen LogP contribution in [0.15, 0.2) is 0 Å². The van der Waals surface area contributed by atoms with Gasteiger partial charge in [0.05, 0.1) is 18.0 Å². The van der Waals surface area contributed by atoms with E-state index in [9.17, 15) is 18.0 Å². The van der Waals surface area contributed by atoms with E-state index in [1.54, 1.807) is 0 Å². The zero-order chi connectivity index (χ0) is 12.8. The second kappa shape index (κ2) is 6.35. The molecule has 0 unspecified atom stereocenters. The summed E-state index contributed by atoms with van der Waals surface area (Å²) in [6, 6.07) is -2.22. The summed E-state index contributed by atoms with van der Waals surface area (Å²) in [7, 11) is -4.77. The van der Waals surface area contributed by atoms with Crippen LogP contribution in [-0.2, 0) is 19.5 Å². The molecular weight excluding hydrogens is 293 g/mol. The van der Waals surface area contributed by atoms with Crippen LogP contribution in [0.25, 0.3) is 5.73 Å². The maximum Gasteiger partial charge on any atom is 1.00 e. The average molecular weight is 305 g/mol. The van der Waals surface area contributed by atoms with Crippen LogP contribution in [0.2, 0.25) is 0 Å². The summed E-state index contributed by atoms with van der Waals surface area (Å²) in [5.41, 5.74) is 7.00. The van der Waals surface area contributed by atoms with E-state index in [4.69, 9.17) is 10.3 Å². The summed E-state index contributed by atoms with van der Waals surface area (Å²) in [6.07, 6.45) is 0.622. The smallest absolute Gasteiger partial charge is 0.666 e. The van der Waals surface area contributed by atoms with Gasteiger partial charge in [-0.3, -0.25) is 4.55 Å². The first kappa shape index (κ1) is 18.6. The number of hydrogen-bond donors (Lipinski definition) is 1. The fourth-order valence-electron chi connectivity index (χ4n) is 2.10. The Hall–Kier alpha value is -0.430. The van der Waals surface area contributed by atoms with Gasteiger partial charge in [-0.05, 0) is 12.8 Å². The average Bonchev–Trinajstić information content (AvgIpc) is 2.42. The predicted octanol–water partition coefficient (Wildman–Crippen LogP) is -4.25. The summed E-state index contributed by atoms with van der Waals surface area (Å²) in [5, 5.41) is 0.540. The van der Waals surface area contributed by atoms with Crippen molar-refractivity contribution in [2.45, 2.75) is 24.9 Å². The standard InChI is InChI=1S/C7H11N3O6S.Na.H2O/c8-6(11)5-2-1-4-3-9(5)7(12)10(4)16-17(13,14)15;;/h4-5H,1-3H2,(H3,8,11,13,14,15);;1H2/q;+1;/p-1/t4-,5-;;/m1../s1. The molecule has 0 spiro atoms. The zero-order valence-corrected chi connectivity index (χ0v) is 12.9. The van der Waals surface area contributed by atoms with Gasteiger partial charge in [0.15, 0.2) is 0 Å². The molecule has 10 nitrogen and oxygen atoms in total. The molecule has 2 aliphatic heterocycles. The van der Waals surface area contributed by atoms with Crippen LogP contribution in [0.1, 0.15) is 12.8 Å². The Morgan fingerprint density at radius 1 is 1.42 bits per heavy atom. The van der Waals surface area contributed by atoms with E-state index < -0.39 is 34.4 Å². The third-order valence-electron chi connectivity index (χ3n) is 2.80. The van der Waals surface area contributed by atoms with Gasteiger partial charge in [0.2, 0.25) is 0 Å². The number of nitrogens with zero attached hydrogens (tertiary/aromatic N) is 2. The van der Waals surface area contributed by atoms with Crippen LogP contribution in [0.4, 0.5) is 4.79 Å². The molecule has 2 rings (SSSR count). The fourth-order valence-corrected chi connectivity index (χ4v) is 2.49. The number of rotatable bonds is 3. The van der Waals surface area contributed by atoms with Crippen molar-refractivity contribution >= 4 is 22.3 Å². The maximum atomic E-state index is 11.7. The Bertz CT molecular complexity index is 469. The molecule has 0 aromatic carbocycles. The molecule has 0 saturated carbocycles. The zero-order valence-electron chi connectivity index (χ0n) is 10.1. The molecule has 0 aromatic heterocycles. The Kier molecular flexibility index (Phi) is 6.20. The predicted molar refractivity (Wildman–Crippen MR) is 56.3 cm³/mol. The van der Waals surface area contributed by atoms with Crippen molar-refractivity contribution in [3.63, 3.8) is 0 Å². The number of fused-ring (bicyclic) bond motifs is 2. The molecular formula is C7H12N3NaO7S. The number of nitrogens with one attached hydrogen (secondary N) is 1. The number of piperidine rings is 1. The van der Waals surface area contributed by atoms with E-state index in [1.807, 2.05) is 0 Å². The Morgan fingerprint density at radius 3 is 2.47 bits per heavy atom. The van der Waals surface area contributed by atoms with Crippen LogP contribution >= 0.6 is 0 Å². The van der Waals surface area contributed by atoms with Crippen molar-refractivity contribution in [3.8, 4) is 0 Å². The van der Waals surface area contributed by atoms with Crippen LogP contribution in [0.5, 0.6) is 0 Å². The van der Waals surface area contributed by atoms with E-state index in [1.165, 1.54) is 0 Å². The fraction of sp³-hybridized carbons (Fsp3) is 0.714. The van der Waals surface area contributed by atoms with Gasteiger partial charge >= 0.3 is 46.0 Å². The molecule has 2 heterocycles. The molecule has 104 valence electrons. The first-order valence-electron chi connectivity index (χ1n) is 4.82. The second-order valence-electron chi connectivity index (χ2n) is 3.87. The van der Waals surface area contributed by atoms with Crippen molar-refractivity contribution in [2.75, 3.05) is 6.54 Å². The molecule has 2 saturated heterocycles. The molecule has 2 bridgehead atoms. The summed E-state index contributed by atoms with van der Waals surface area (Å²) >= 11 is 0. The van der Waals surface area contributed by atoms with Gasteiger partial charge in [0.1, 0.15) is 0 Å². The van der Waals surface area contributed by atoms with E-state index in [0.717, 1.165) is 4.90 Å². The first-order valence-corrected chi connectivity index (χ1v) is 6.18. The molecule has 2 aliphatic rings. The van der Waals surface area contributed by atoms with E-state index >= 15 is 0 Å². The molecule has 0 aromatic rings. The van der Waals surface area contributed by atoms with Gasteiger partial charge in [-0.2, -0.15) is 13.5 Å². The Balaban J connectivity index is 0.00000162. The largest absolute Gasteiger partial charge is 1.00 e. The number of urea groups is 1. The van der Waals surface area contributed by atoms with Gasteiger partial charge in [-0.15, -0.1) is 4.28 Å². The van der Waals surface area contributed by atoms with Crippen molar-refractivity contribution in [1.82, 2.24) is 9.96 Å². The Morgan fingerprint density at radius 2 is 2.00 bits per heavy atom. The van der Waals surface area contributed by atoms with Gasteiger partial charge in [-0.25, -0.2) is 4.79 Å². The molecule has 4 N–H and O–H groups in total. The molecule has 2 fully saturated rings. The minimum atomic E-state index is -4.77. The van der Waals surface area contributed by atoms with Crippen molar-refractivity contribution in [1.29, 1.82) is 0 Å². The second-order valence-corrected chi connectivity index (χ2v) is 4.88. The SMILES string of the molecule is O.[NH-]C(=O)[C@H]1CC[C@@H]2CN1C(=O)N2OS(=O)(=O)O.[Na+]. The minimum Gasteiger partial charge on any atom is -0.666 e. The van der Waals surface area contributed by atoms with E-state index in [0.29, 0.717) is 11.5 Å². The van der Waals surface area contributed by atoms with Crippen LogP contribution in [0.3, 0.4) is 0 Å². The van der Waals surface area contributed by atoms with Gasteiger partial charge < -0.3 is 20.9 Å². The molecule has 2 atom stereocenters. The third kappa shape index (κ3) is 3.78. The molecule has 12 heteroatoms. The van der Waals surface area contributed by atoms with Crippen molar-refractivity contribution < 1.29 is 61.9 Å². The summed E-state index contributed by atoms with van der Waals surface area (Å²) in [5.74, 6) is -0.898. The molecule has 19 heavy (non-hydrogen) atoms. The third-order valence-corrected chi connectivity index (χ3v) is 3.15. The number of hydrogen-bond acceptors (Lipinski definition) is 5. The maximum absolute atomic E-state index is 11.7. The molecule has 0 radical (unpaired) electrons. The van der Waals surface area contributed by atoms with E-state index in [-0.39, 0.29) is 48.0 Å². The summed E-state index contributed by atoms with van der Waals surface area (Å²) in [4.78, 5) is 23.7. The summed E-state index contributed by atoms with van der Waals surface area (Å²) in [6.45, 7) is 0.115.